The lowest BCUT2D eigenvalue weighted by Gasteiger charge is -2.22. The molecule has 2 aromatic rings. The van der Waals surface area contributed by atoms with Crippen molar-refractivity contribution in [1.82, 2.24) is 0 Å². The number of benzene rings is 2. The highest BCUT2D eigenvalue weighted by Gasteiger charge is 2.17. The fraction of sp³-hybridized carbons (Fsp3) is 0.222. The van der Waals surface area contributed by atoms with Gasteiger partial charge in [0.25, 0.3) is 0 Å². The monoisotopic (exact) mass is 297 g/mol. The van der Waals surface area contributed by atoms with Gasteiger partial charge < -0.3 is 10.0 Å². The molecule has 0 bridgehead atoms. The lowest BCUT2D eigenvalue weighted by molar-refractivity contribution is -0.136. The van der Waals surface area contributed by atoms with E-state index < -0.39 is 5.97 Å². The van der Waals surface area contributed by atoms with E-state index in [1.807, 2.05) is 61.5 Å². The van der Waals surface area contributed by atoms with Gasteiger partial charge in [-0.1, -0.05) is 48.0 Å². The van der Waals surface area contributed by atoms with Gasteiger partial charge in [-0.2, -0.15) is 0 Å². The maximum absolute atomic E-state index is 12.5. The van der Waals surface area contributed by atoms with Crippen LogP contribution in [-0.2, 0) is 16.0 Å². The molecule has 0 radical (unpaired) electrons. The second kappa shape index (κ2) is 7.41. The average Bonchev–Trinajstić information content (AvgIpc) is 2.50. The number of amides is 1. The van der Waals surface area contributed by atoms with Crippen molar-refractivity contribution < 1.29 is 14.7 Å². The summed E-state index contributed by atoms with van der Waals surface area (Å²) in [6, 6.07) is 16.9. The van der Waals surface area contributed by atoms with Crippen LogP contribution in [0, 0.1) is 6.92 Å². The summed E-state index contributed by atoms with van der Waals surface area (Å²) in [5, 5.41) is 8.87. The summed E-state index contributed by atoms with van der Waals surface area (Å²) in [6.45, 7) is 2.17. The molecule has 0 atom stereocenters. The van der Waals surface area contributed by atoms with Crippen LogP contribution in [0.4, 0.5) is 5.69 Å². The molecule has 0 aliphatic rings. The van der Waals surface area contributed by atoms with Crippen molar-refractivity contribution in [2.45, 2.75) is 19.8 Å². The van der Waals surface area contributed by atoms with E-state index in [4.69, 9.17) is 5.11 Å². The van der Waals surface area contributed by atoms with Crippen LogP contribution < -0.4 is 4.90 Å². The van der Waals surface area contributed by atoms with Crippen molar-refractivity contribution in [3.05, 3.63) is 65.7 Å². The third-order valence-corrected chi connectivity index (χ3v) is 3.39. The van der Waals surface area contributed by atoms with E-state index in [2.05, 4.69) is 0 Å². The van der Waals surface area contributed by atoms with Crippen molar-refractivity contribution in [3.63, 3.8) is 0 Å². The van der Waals surface area contributed by atoms with Gasteiger partial charge in [-0.25, -0.2) is 0 Å². The summed E-state index contributed by atoms with van der Waals surface area (Å²) in [7, 11) is 0. The third kappa shape index (κ3) is 4.45. The topological polar surface area (TPSA) is 57.6 Å². The fourth-order valence-electron chi connectivity index (χ4n) is 2.19. The molecule has 0 saturated carbocycles. The zero-order chi connectivity index (χ0) is 15.9. The SMILES string of the molecule is Cc1ccc(CC(=O)N(CCC(=O)O)c2ccccc2)cc1. The van der Waals surface area contributed by atoms with Crippen LogP contribution >= 0.6 is 0 Å². The van der Waals surface area contributed by atoms with E-state index in [-0.39, 0.29) is 25.3 Å². The number of aliphatic carboxylic acids is 1. The Labute approximate surface area is 130 Å². The number of carbonyl (C=O) groups is 2. The van der Waals surface area contributed by atoms with Gasteiger partial charge in [-0.3, -0.25) is 9.59 Å². The van der Waals surface area contributed by atoms with Crippen molar-refractivity contribution in [2.24, 2.45) is 0 Å². The fourth-order valence-corrected chi connectivity index (χ4v) is 2.19. The largest absolute Gasteiger partial charge is 0.481 e. The molecule has 2 rings (SSSR count). The molecule has 22 heavy (non-hydrogen) atoms. The summed E-state index contributed by atoms with van der Waals surface area (Å²) in [6.07, 6.45) is 0.184. The second-order valence-corrected chi connectivity index (χ2v) is 5.19. The van der Waals surface area contributed by atoms with Gasteiger partial charge >= 0.3 is 5.97 Å². The molecule has 0 saturated heterocycles. The molecule has 0 aliphatic carbocycles. The Morgan fingerprint density at radius 1 is 1.00 bits per heavy atom. The Hall–Kier alpha value is -2.62. The molecule has 2 aromatic carbocycles. The van der Waals surface area contributed by atoms with E-state index in [0.717, 1.165) is 16.8 Å². The van der Waals surface area contributed by atoms with Crippen LogP contribution in [0.5, 0.6) is 0 Å². The highest BCUT2D eigenvalue weighted by atomic mass is 16.4. The molecule has 4 nitrogen and oxygen atoms in total. The van der Waals surface area contributed by atoms with Crippen LogP contribution in [0.25, 0.3) is 0 Å². The number of rotatable bonds is 6. The number of aryl methyl sites for hydroxylation is 1. The summed E-state index contributed by atoms with van der Waals surface area (Å²) >= 11 is 0. The van der Waals surface area contributed by atoms with Crippen molar-refractivity contribution in [3.8, 4) is 0 Å². The van der Waals surface area contributed by atoms with E-state index in [9.17, 15) is 9.59 Å². The molecule has 0 aromatic heterocycles. The Bertz CT molecular complexity index is 635. The second-order valence-electron chi connectivity index (χ2n) is 5.19. The maximum Gasteiger partial charge on any atom is 0.305 e. The summed E-state index contributed by atoms with van der Waals surface area (Å²) in [4.78, 5) is 24.9. The van der Waals surface area contributed by atoms with Gasteiger partial charge in [-0.05, 0) is 24.6 Å². The van der Waals surface area contributed by atoms with Crippen LogP contribution in [0.2, 0.25) is 0 Å². The van der Waals surface area contributed by atoms with Crippen LogP contribution in [0.15, 0.2) is 54.6 Å². The standard InChI is InChI=1S/C18H19NO3/c1-14-7-9-15(10-8-14)13-17(20)19(12-11-18(21)22)16-5-3-2-4-6-16/h2-10H,11-13H2,1H3,(H,21,22). The van der Waals surface area contributed by atoms with Gasteiger partial charge in [0.05, 0.1) is 12.8 Å². The molecular formula is C18H19NO3. The Balaban J connectivity index is 2.14. The minimum absolute atomic E-state index is 0.0749. The van der Waals surface area contributed by atoms with Crippen LogP contribution in [0.3, 0.4) is 0 Å². The molecule has 0 heterocycles. The summed E-state index contributed by atoms with van der Waals surface area (Å²) in [5.74, 6) is -1.01. The maximum atomic E-state index is 12.5. The smallest absolute Gasteiger partial charge is 0.305 e. The van der Waals surface area contributed by atoms with Gasteiger partial charge in [0.15, 0.2) is 0 Å². The first-order valence-electron chi connectivity index (χ1n) is 7.19. The first-order chi connectivity index (χ1) is 10.6. The van der Waals surface area contributed by atoms with Gasteiger partial charge in [0, 0.05) is 12.2 Å². The molecule has 0 spiro atoms. The van der Waals surface area contributed by atoms with Crippen molar-refractivity contribution in [1.29, 1.82) is 0 Å². The molecular weight excluding hydrogens is 278 g/mol. The van der Waals surface area contributed by atoms with Crippen molar-refractivity contribution >= 4 is 17.6 Å². The Morgan fingerprint density at radius 3 is 2.23 bits per heavy atom. The molecule has 0 unspecified atom stereocenters. The molecule has 0 fully saturated rings. The number of carbonyl (C=O) groups excluding carboxylic acids is 1. The Kier molecular flexibility index (Phi) is 5.31. The first kappa shape index (κ1) is 15.8. The zero-order valence-corrected chi connectivity index (χ0v) is 12.5. The Morgan fingerprint density at radius 2 is 1.64 bits per heavy atom. The number of carboxylic acid groups (broad SMARTS) is 1. The zero-order valence-electron chi connectivity index (χ0n) is 12.5. The van der Waals surface area contributed by atoms with Gasteiger partial charge in [-0.15, -0.1) is 0 Å². The molecule has 1 N–H and O–H groups in total. The lowest BCUT2D eigenvalue weighted by atomic mass is 10.1. The van der Waals surface area contributed by atoms with Crippen LogP contribution in [-0.4, -0.2) is 23.5 Å². The lowest BCUT2D eigenvalue weighted by Crippen LogP contribution is -2.34. The van der Waals surface area contributed by atoms with Gasteiger partial charge in [0.2, 0.25) is 5.91 Å². The quantitative estimate of drug-likeness (QED) is 0.891. The highest BCUT2D eigenvalue weighted by molar-refractivity contribution is 5.95. The minimum atomic E-state index is -0.913. The number of hydrogen-bond donors (Lipinski definition) is 1. The molecule has 1 amide bonds. The minimum Gasteiger partial charge on any atom is -0.481 e. The average molecular weight is 297 g/mol. The van der Waals surface area contributed by atoms with Crippen LogP contribution in [0.1, 0.15) is 17.5 Å². The van der Waals surface area contributed by atoms with Crippen molar-refractivity contribution in [2.75, 3.05) is 11.4 Å². The van der Waals surface area contributed by atoms with E-state index >= 15 is 0 Å². The number of hydrogen-bond acceptors (Lipinski definition) is 2. The number of carboxylic acids is 1. The molecule has 4 heteroatoms. The molecule has 114 valence electrons. The normalized spacial score (nSPS) is 10.2. The van der Waals surface area contributed by atoms with Gasteiger partial charge in [0.1, 0.15) is 0 Å². The number of para-hydroxylation sites is 1. The number of nitrogens with zero attached hydrogens (tertiary/aromatic N) is 1. The highest BCUT2D eigenvalue weighted by Crippen LogP contribution is 2.16. The first-order valence-corrected chi connectivity index (χ1v) is 7.19. The third-order valence-electron chi connectivity index (χ3n) is 3.39. The van der Waals surface area contributed by atoms with E-state index in [0.29, 0.717) is 0 Å². The summed E-state index contributed by atoms with van der Waals surface area (Å²) < 4.78 is 0. The number of anilines is 1. The van der Waals surface area contributed by atoms with E-state index in [1.165, 1.54) is 4.90 Å². The predicted molar refractivity (Wildman–Crippen MR) is 85.9 cm³/mol. The molecule has 0 aliphatic heterocycles. The summed E-state index contributed by atoms with van der Waals surface area (Å²) in [5.41, 5.74) is 2.79. The predicted octanol–water partition coefficient (Wildman–Crippen LogP) is 3.05. The van der Waals surface area contributed by atoms with E-state index in [1.54, 1.807) is 0 Å².